The summed E-state index contributed by atoms with van der Waals surface area (Å²) in [7, 11) is 0. The maximum Gasteiger partial charge on any atom is 0.272 e. The predicted octanol–water partition coefficient (Wildman–Crippen LogP) is 1.92. The number of nitrogens with one attached hydrogen (secondary N) is 3. The van der Waals surface area contributed by atoms with E-state index in [0.717, 1.165) is 42.8 Å². The number of H-pyrrole nitrogens is 1. The van der Waals surface area contributed by atoms with E-state index in [0.29, 0.717) is 17.9 Å². The van der Waals surface area contributed by atoms with Crippen LogP contribution in [0.5, 0.6) is 0 Å². The number of nitrogens with two attached hydrogens (primary N) is 1. The van der Waals surface area contributed by atoms with Gasteiger partial charge in [-0.2, -0.15) is 0 Å². The summed E-state index contributed by atoms with van der Waals surface area (Å²) in [5.74, 6) is 0.0867. The van der Waals surface area contributed by atoms with E-state index in [9.17, 15) is 9.59 Å². The minimum atomic E-state index is -0.219. The number of rotatable bonds is 6. The molecule has 2 aromatic rings. The first kappa shape index (κ1) is 19.3. The molecule has 0 saturated heterocycles. The monoisotopic (exact) mass is 390 g/mol. The third-order valence-corrected chi connectivity index (χ3v) is 5.82. The van der Waals surface area contributed by atoms with Crippen molar-refractivity contribution in [3.8, 4) is 0 Å². The van der Waals surface area contributed by atoms with E-state index in [1.54, 1.807) is 18.3 Å². The maximum absolute atomic E-state index is 12.4. The molecule has 2 heterocycles. The molecule has 1 saturated carbocycles. The molecule has 9 heteroatoms. The van der Waals surface area contributed by atoms with Gasteiger partial charge in [0, 0.05) is 23.0 Å². The number of nitrogen functional groups attached to an aromatic ring is 1. The number of carbonyl (C=O) groups is 2. The summed E-state index contributed by atoms with van der Waals surface area (Å²) in [5.41, 5.74) is 7.65. The van der Waals surface area contributed by atoms with Gasteiger partial charge in [-0.3, -0.25) is 9.59 Å². The molecule has 0 unspecified atom stereocenters. The highest BCUT2D eigenvalue weighted by molar-refractivity contribution is 7.09. The van der Waals surface area contributed by atoms with Gasteiger partial charge in [0.15, 0.2) is 11.6 Å². The highest BCUT2D eigenvalue weighted by Crippen LogP contribution is 2.25. The topological polar surface area (TPSA) is 126 Å². The molecule has 1 aliphatic rings. The number of nitrogens with zero attached hydrogens (tertiary/aromatic N) is 2. The largest absolute Gasteiger partial charge is 0.369 e. The van der Waals surface area contributed by atoms with Crippen LogP contribution >= 0.6 is 11.3 Å². The lowest BCUT2D eigenvalue weighted by molar-refractivity contribution is -0.126. The zero-order valence-corrected chi connectivity index (χ0v) is 16.5. The number of hydrogen-bond donors (Lipinski definition) is 4. The van der Waals surface area contributed by atoms with Crippen molar-refractivity contribution in [2.45, 2.75) is 58.5 Å². The van der Waals surface area contributed by atoms with Gasteiger partial charge in [0.1, 0.15) is 5.01 Å². The molecule has 0 bridgehead atoms. The third-order valence-electron chi connectivity index (χ3n) is 4.93. The summed E-state index contributed by atoms with van der Waals surface area (Å²) in [6.45, 7) is 4.32. The summed E-state index contributed by atoms with van der Waals surface area (Å²) in [4.78, 5) is 36.0. The van der Waals surface area contributed by atoms with Crippen molar-refractivity contribution >= 4 is 29.1 Å². The normalized spacial score (nSPS) is 19.6. The smallest absolute Gasteiger partial charge is 0.272 e. The number of hydrogen-bond acceptors (Lipinski definition) is 6. The zero-order chi connectivity index (χ0) is 19.4. The van der Waals surface area contributed by atoms with Gasteiger partial charge < -0.3 is 21.4 Å². The average Bonchev–Trinajstić information content (AvgIpc) is 3.26. The summed E-state index contributed by atoms with van der Waals surface area (Å²) in [6, 6.07) is 0.0601. The van der Waals surface area contributed by atoms with Crippen molar-refractivity contribution in [1.82, 2.24) is 25.6 Å². The van der Waals surface area contributed by atoms with Gasteiger partial charge in [0.2, 0.25) is 5.91 Å². The number of aromatic amines is 1. The van der Waals surface area contributed by atoms with E-state index in [1.807, 2.05) is 5.38 Å². The molecule has 1 fully saturated rings. The second-order valence-electron chi connectivity index (χ2n) is 6.92. The Morgan fingerprint density at radius 3 is 2.63 bits per heavy atom. The van der Waals surface area contributed by atoms with Crippen LogP contribution in [-0.4, -0.2) is 32.8 Å². The first-order chi connectivity index (χ1) is 13.0. The van der Waals surface area contributed by atoms with Crippen LogP contribution in [-0.2, 0) is 17.8 Å². The number of amides is 2. The van der Waals surface area contributed by atoms with Crippen LogP contribution in [0.15, 0.2) is 5.38 Å². The third kappa shape index (κ3) is 4.85. The van der Waals surface area contributed by atoms with Crippen LogP contribution in [0.2, 0.25) is 0 Å². The molecule has 146 valence electrons. The lowest BCUT2D eigenvalue weighted by Gasteiger charge is -2.28. The summed E-state index contributed by atoms with van der Waals surface area (Å²) >= 11 is 1.58. The number of anilines is 1. The summed E-state index contributed by atoms with van der Waals surface area (Å²) in [5, 5.41) is 8.96. The minimum Gasteiger partial charge on any atom is -0.369 e. The van der Waals surface area contributed by atoms with Crippen LogP contribution in [0, 0.1) is 12.8 Å². The highest BCUT2D eigenvalue weighted by atomic mass is 32.1. The molecule has 2 amide bonds. The van der Waals surface area contributed by atoms with E-state index >= 15 is 0 Å². The standard InChI is InChI=1S/C18H26N6O2S/c1-3-12-9-27-14(22-12)8-20-16(25)11-4-6-13(7-5-11)23-17(26)15-10(2)21-18(19)24-15/h9,11,13H,3-8H2,1-2H3,(H,20,25)(H,23,26)(H3,19,21,24). The van der Waals surface area contributed by atoms with Gasteiger partial charge in [0.05, 0.1) is 12.2 Å². The summed E-state index contributed by atoms with van der Waals surface area (Å²) in [6.07, 6.45) is 3.98. The van der Waals surface area contributed by atoms with Gasteiger partial charge in [-0.15, -0.1) is 11.3 Å². The minimum absolute atomic E-state index is 0.00785. The molecule has 1 aliphatic carbocycles. The number of aromatic nitrogens is 3. The Morgan fingerprint density at radius 1 is 1.30 bits per heavy atom. The molecule has 8 nitrogen and oxygen atoms in total. The lowest BCUT2D eigenvalue weighted by Crippen LogP contribution is -2.41. The van der Waals surface area contributed by atoms with Crippen LogP contribution in [0.4, 0.5) is 5.95 Å². The fourth-order valence-electron chi connectivity index (χ4n) is 3.36. The first-order valence-corrected chi connectivity index (χ1v) is 10.2. The molecule has 0 spiro atoms. The zero-order valence-electron chi connectivity index (χ0n) is 15.7. The second kappa shape index (κ2) is 8.51. The molecule has 0 aromatic carbocycles. The first-order valence-electron chi connectivity index (χ1n) is 9.30. The molecule has 0 radical (unpaired) electrons. The number of thiazole rings is 1. The molecule has 5 N–H and O–H groups in total. The van der Waals surface area contributed by atoms with Crippen molar-refractivity contribution in [2.75, 3.05) is 5.73 Å². The number of aryl methyl sites for hydroxylation is 2. The molecule has 0 atom stereocenters. The Kier molecular flexibility index (Phi) is 6.10. The molecule has 3 rings (SSSR count). The van der Waals surface area contributed by atoms with E-state index in [2.05, 4.69) is 32.5 Å². The fraction of sp³-hybridized carbons (Fsp3) is 0.556. The maximum atomic E-state index is 12.4. The molecule has 2 aromatic heterocycles. The van der Waals surface area contributed by atoms with Gasteiger partial charge in [-0.25, -0.2) is 9.97 Å². The van der Waals surface area contributed by atoms with Gasteiger partial charge >= 0.3 is 0 Å². The quantitative estimate of drug-likeness (QED) is 0.599. The Morgan fingerprint density at radius 2 is 2.04 bits per heavy atom. The van der Waals surface area contributed by atoms with E-state index in [4.69, 9.17) is 5.73 Å². The van der Waals surface area contributed by atoms with E-state index < -0.39 is 0 Å². The SMILES string of the molecule is CCc1csc(CNC(=O)C2CCC(NC(=O)c3nc(N)[nH]c3C)CC2)n1. The Labute approximate surface area is 162 Å². The Balaban J connectivity index is 1.43. The Bertz CT molecular complexity index is 807. The van der Waals surface area contributed by atoms with Gasteiger partial charge in [0.25, 0.3) is 5.91 Å². The van der Waals surface area contributed by atoms with Crippen molar-refractivity contribution < 1.29 is 9.59 Å². The molecular formula is C18H26N6O2S. The lowest BCUT2D eigenvalue weighted by atomic mass is 9.85. The summed E-state index contributed by atoms with van der Waals surface area (Å²) < 4.78 is 0. The van der Waals surface area contributed by atoms with Crippen LogP contribution < -0.4 is 16.4 Å². The van der Waals surface area contributed by atoms with Crippen molar-refractivity contribution in [3.63, 3.8) is 0 Å². The predicted molar refractivity (Wildman–Crippen MR) is 104 cm³/mol. The highest BCUT2D eigenvalue weighted by Gasteiger charge is 2.28. The molecular weight excluding hydrogens is 364 g/mol. The number of imidazole rings is 1. The molecule has 27 heavy (non-hydrogen) atoms. The van der Waals surface area contributed by atoms with Crippen molar-refractivity contribution in [1.29, 1.82) is 0 Å². The van der Waals surface area contributed by atoms with Gasteiger partial charge in [-0.05, 0) is 39.0 Å². The van der Waals surface area contributed by atoms with Crippen LogP contribution in [0.3, 0.4) is 0 Å². The number of carbonyl (C=O) groups excluding carboxylic acids is 2. The van der Waals surface area contributed by atoms with E-state index in [1.165, 1.54) is 0 Å². The van der Waals surface area contributed by atoms with Gasteiger partial charge in [-0.1, -0.05) is 6.92 Å². The Hall–Kier alpha value is -2.42. The van der Waals surface area contributed by atoms with Crippen LogP contribution in [0.25, 0.3) is 0 Å². The molecule has 0 aliphatic heterocycles. The van der Waals surface area contributed by atoms with Crippen LogP contribution in [0.1, 0.15) is 59.5 Å². The van der Waals surface area contributed by atoms with Crippen molar-refractivity contribution in [3.05, 3.63) is 27.5 Å². The average molecular weight is 391 g/mol. The fourth-order valence-corrected chi connectivity index (χ4v) is 4.17. The van der Waals surface area contributed by atoms with E-state index in [-0.39, 0.29) is 29.7 Å². The van der Waals surface area contributed by atoms with Crippen molar-refractivity contribution in [2.24, 2.45) is 5.92 Å². The second-order valence-corrected chi connectivity index (χ2v) is 7.86.